The number of fused-ring (bicyclic) bond motifs is 1. The van der Waals surface area contributed by atoms with Crippen LogP contribution in [0.5, 0.6) is 11.5 Å². The minimum absolute atomic E-state index is 0.146. The molecule has 0 unspecified atom stereocenters. The summed E-state index contributed by atoms with van der Waals surface area (Å²) in [6.45, 7) is 0.199. The summed E-state index contributed by atoms with van der Waals surface area (Å²) >= 11 is 3.38. The van der Waals surface area contributed by atoms with Crippen molar-refractivity contribution in [3.05, 3.63) is 52.8 Å². The molecule has 1 aromatic heterocycles. The highest BCUT2D eigenvalue weighted by atomic mass is 79.9. The molecule has 1 aliphatic heterocycles. The fourth-order valence-electron chi connectivity index (χ4n) is 2.49. The number of halogens is 1. The summed E-state index contributed by atoms with van der Waals surface area (Å²) in [5.74, 6) is 2.08. The van der Waals surface area contributed by atoms with E-state index in [1.165, 1.54) is 0 Å². The van der Waals surface area contributed by atoms with Gasteiger partial charge in [0.25, 0.3) is 0 Å². The zero-order chi connectivity index (χ0) is 17.9. The predicted octanol–water partition coefficient (Wildman–Crippen LogP) is 3.80. The molecule has 0 bridgehead atoms. The molecule has 8 heteroatoms. The molecule has 26 heavy (non-hydrogen) atoms. The number of ether oxygens (including phenoxy) is 2. The summed E-state index contributed by atoms with van der Waals surface area (Å²) in [4.78, 5) is 16.4. The second kappa shape index (κ2) is 7.17. The van der Waals surface area contributed by atoms with Crippen LogP contribution >= 0.6 is 15.9 Å². The Morgan fingerprint density at radius 3 is 2.77 bits per heavy atom. The first kappa shape index (κ1) is 16.6. The first-order valence-corrected chi connectivity index (χ1v) is 8.75. The lowest BCUT2D eigenvalue weighted by Crippen LogP contribution is -2.12. The standard InChI is InChI=1S/C18H14BrN3O4/c19-12-3-1-11(2-4-12)18-21-17(26-22-18)8-7-16(23)20-13-5-6-14-15(9-13)25-10-24-14/h1-6,9H,7-8,10H2,(H,20,23). The van der Waals surface area contributed by atoms with E-state index in [2.05, 4.69) is 31.4 Å². The van der Waals surface area contributed by atoms with Gasteiger partial charge >= 0.3 is 0 Å². The minimum atomic E-state index is -0.146. The van der Waals surface area contributed by atoms with Gasteiger partial charge in [-0.05, 0) is 36.4 Å². The van der Waals surface area contributed by atoms with E-state index in [0.29, 0.717) is 35.3 Å². The first-order valence-electron chi connectivity index (χ1n) is 7.95. The van der Waals surface area contributed by atoms with Gasteiger partial charge in [-0.2, -0.15) is 4.98 Å². The maximum atomic E-state index is 12.1. The first-order chi connectivity index (χ1) is 12.7. The van der Waals surface area contributed by atoms with E-state index < -0.39 is 0 Å². The van der Waals surface area contributed by atoms with Gasteiger partial charge in [0.2, 0.25) is 24.4 Å². The molecule has 3 aromatic rings. The van der Waals surface area contributed by atoms with Crippen LogP contribution in [0.4, 0.5) is 5.69 Å². The number of amides is 1. The highest BCUT2D eigenvalue weighted by Gasteiger charge is 2.15. The molecule has 0 aliphatic carbocycles. The van der Waals surface area contributed by atoms with Gasteiger partial charge in [0.05, 0.1) is 0 Å². The molecule has 2 heterocycles. The van der Waals surface area contributed by atoms with E-state index in [4.69, 9.17) is 14.0 Å². The van der Waals surface area contributed by atoms with E-state index in [0.717, 1.165) is 10.0 Å². The Kier molecular flexibility index (Phi) is 4.57. The van der Waals surface area contributed by atoms with Crippen molar-refractivity contribution < 1.29 is 18.8 Å². The smallest absolute Gasteiger partial charge is 0.231 e. The third-order valence-corrected chi connectivity index (χ3v) is 4.32. The second-order valence-corrected chi connectivity index (χ2v) is 6.55. The summed E-state index contributed by atoms with van der Waals surface area (Å²) in [6.07, 6.45) is 0.594. The summed E-state index contributed by atoms with van der Waals surface area (Å²) < 4.78 is 16.7. The van der Waals surface area contributed by atoms with Crippen molar-refractivity contribution in [2.45, 2.75) is 12.8 Å². The molecule has 0 atom stereocenters. The second-order valence-electron chi connectivity index (χ2n) is 5.63. The number of hydrogen-bond donors (Lipinski definition) is 1. The Labute approximate surface area is 157 Å². The Bertz CT molecular complexity index is 940. The highest BCUT2D eigenvalue weighted by Crippen LogP contribution is 2.34. The third kappa shape index (κ3) is 3.70. The van der Waals surface area contributed by atoms with Gasteiger partial charge in [-0.15, -0.1) is 0 Å². The third-order valence-electron chi connectivity index (χ3n) is 3.79. The maximum Gasteiger partial charge on any atom is 0.231 e. The number of carbonyl (C=O) groups is 1. The van der Waals surface area contributed by atoms with Crippen LogP contribution in [0.2, 0.25) is 0 Å². The van der Waals surface area contributed by atoms with Crippen molar-refractivity contribution >= 4 is 27.5 Å². The Morgan fingerprint density at radius 1 is 1.12 bits per heavy atom. The van der Waals surface area contributed by atoms with E-state index in [-0.39, 0.29) is 19.1 Å². The summed E-state index contributed by atoms with van der Waals surface area (Å²) in [6, 6.07) is 12.9. The SMILES string of the molecule is O=C(CCc1nc(-c2ccc(Br)cc2)no1)Nc1ccc2c(c1)OCO2. The van der Waals surface area contributed by atoms with E-state index in [9.17, 15) is 4.79 Å². The monoisotopic (exact) mass is 415 g/mol. The van der Waals surface area contributed by atoms with Crippen LogP contribution in [0, 0.1) is 0 Å². The van der Waals surface area contributed by atoms with Gasteiger partial charge in [-0.25, -0.2) is 0 Å². The van der Waals surface area contributed by atoms with E-state index in [1.54, 1.807) is 18.2 Å². The van der Waals surface area contributed by atoms with Crippen molar-refractivity contribution in [2.75, 3.05) is 12.1 Å². The number of aryl methyl sites for hydroxylation is 1. The number of rotatable bonds is 5. The number of carbonyl (C=O) groups excluding carboxylic acids is 1. The molecule has 0 fully saturated rings. The lowest BCUT2D eigenvalue weighted by molar-refractivity contribution is -0.116. The number of aromatic nitrogens is 2. The van der Waals surface area contributed by atoms with Crippen molar-refractivity contribution in [3.8, 4) is 22.9 Å². The number of benzene rings is 2. The normalized spacial score (nSPS) is 12.2. The molecule has 0 radical (unpaired) electrons. The Balaban J connectivity index is 1.34. The van der Waals surface area contributed by atoms with Crippen LogP contribution in [-0.4, -0.2) is 22.8 Å². The maximum absolute atomic E-state index is 12.1. The lowest BCUT2D eigenvalue weighted by atomic mass is 10.2. The number of hydrogen-bond acceptors (Lipinski definition) is 6. The molecule has 2 aromatic carbocycles. The molecule has 0 spiro atoms. The summed E-state index contributed by atoms with van der Waals surface area (Å²) in [7, 11) is 0. The van der Waals surface area contributed by atoms with Gasteiger partial charge in [0.1, 0.15) is 0 Å². The van der Waals surface area contributed by atoms with Crippen LogP contribution in [0.1, 0.15) is 12.3 Å². The molecular weight excluding hydrogens is 402 g/mol. The molecular formula is C18H14BrN3O4. The Morgan fingerprint density at radius 2 is 1.92 bits per heavy atom. The van der Waals surface area contributed by atoms with Crippen LogP contribution < -0.4 is 14.8 Å². The molecule has 1 N–H and O–H groups in total. The van der Waals surface area contributed by atoms with Crippen LogP contribution in [0.25, 0.3) is 11.4 Å². The molecule has 0 saturated heterocycles. The van der Waals surface area contributed by atoms with Gasteiger partial charge in [0.15, 0.2) is 11.5 Å². The van der Waals surface area contributed by atoms with Gasteiger partial charge in [-0.1, -0.05) is 21.1 Å². The fraction of sp³-hybridized carbons (Fsp3) is 0.167. The largest absolute Gasteiger partial charge is 0.454 e. The molecule has 1 amide bonds. The Hall–Kier alpha value is -2.87. The zero-order valence-corrected chi connectivity index (χ0v) is 15.2. The van der Waals surface area contributed by atoms with Crippen LogP contribution in [0.3, 0.4) is 0 Å². The number of nitrogens with one attached hydrogen (secondary N) is 1. The average molecular weight is 416 g/mol. The van der Waals surface area contributed by atoms with Gasteiger partial charge < -0.3 is 19.3 Å². The predicted molar refractivity (Wildman–Crippen MR) is 96.9 cm³/mol. The number of nitrogens with zero attached hydrogens (tertiary/aromatic N) is 2. The summed E-state index contributed by atoms with van der Waals surface area (Å²) in [5, 5.41) is 6.77. The van der Waals surface area contributed by atoms with E-state index >= 15 is 0 Å². The van der Waals surface area contributed by atoms with Crippen molar-refractivity contribution in [2.24, 2.45) is 0 Å². The zero-order valence-electron chi connectivity index (χ0n) is 13.6. The number of anilines is 1. The van der Waals surface area contributed by atoms with Crippen LogP contribution in [-0.2, 0) is 11.2 Å². The average Bonchev–Trinajstić information content (AvgIpc) is 3.29. The van der Waals surface area contributed by atoms with Crippen LogP contribution in [0.15, 0.2) is 51.5 Å². The van der Waals surface area contributed by atoms with Crippen molar-refractivity contribution in [1.29, 1.82) is 0 Å². The molecule has 132 valence electrons. The van der Waals surface area contributed by atoms with Gasteiger partial charge in [-0.3, -0.25) is 4.79 Å². The van der Waals surface area contributed by atoms with Gasteiger partial charge in [0, 0.05) is 34.6 Å². The molecule has 0 saturated carbocycles. The molecule has 4 rings (SSSR count). The molecule has 7 nitrogen and oxygen atoms in total. The topological polar surface area (TPSA) is 86.5 Å². The highest BCUT2D eigenvalue weighted by molar-refractivity contribution is 9.10. The van der Waals surface area contributed by atoms with Crippen molar-refractivity contribution in [1.82, 2.24) is 10.1 Å². The lowest BCUT2D eigenvalue weighted by Gasteiger charge is -2.05. The van der Waals surface area contributed by atoms with E-state index in [1.807, 2.05) is 24.3 Å². The minimum Gasteiger partial charge on any atom is -0.454 e. The quantitative estimate of drug-likeness (QED) is 0.681. The summed E-state index contributed by atoms with van der Waals surface area (Å²) in [5.41, 5.74) is 1.51. The fourth-order valence-corrected chi connectivity index (χ4v) is 2.76. The van der Waals surface area contributed by atoms with Crippen molar-refractivity contribution in [3.63, 3.8) is 0 Å². The molecule has 1 aliphatic rings.